The molecule has 0 radical (unpaired) electrons. The van der Waals surface area contributed by atoms with Gasteiger partial charge in [-0.05, 0) is 43.5 Å². The van der Waals surface area contributed by atoms with Crippen LogP contribution in [0.1, 0.15) is 24.9 Å². The van der Waals surface area contributed by atoms with E-state index in [1.807, 2.05) is 24.3 Å². The number of halogens is 1. The third kappa shape index (κ3) is 3.40. The molecule has 0 bridgehead atoms. The summed E-state index contributed by atoms with van der Waals surface area (Å²) in [5, 5.41) is 9.71. The lowest BCUT2D eigenvalue weighted by molar-refractivity contribution is -0.147. The third-order valence-electron chi connectivity index (χ3n) is 3.89. The van der Waals surface area contributed by atoms with E-state index in [0.29, 0.717) is 6.54 Å². The summed E-state index contributed by atoms with van der Waals surface area (Å²) in [5.41, 5.74) is 0.914. The molecule has 3 unspecified atom stereocenters. The number of carbonyl (C=O) groups is 1. The first-order valence-corrected chi connectivity index (χ1v) is 7.57. The fourth-order valence-corrected chi connectivity index (χ4v) is 3.14. The van der Waals surface area contributed by atoms with Crippen molar-refractivity contribution in [3.8, 4) is 0 Å². The van der Waals surface area contributed by atoms with E-state index in [9.17, 15) is 9.90 Å². The molecule has 1 aromatic carbocycles. The van der Waals surface area contributed by atoms with Crippen LogP contribution in [0.2, 0.25) is 0 Å². The van der Waals surface area contributed by atoms with E-state index in [1.54, 1.807) is 6.92 Å². The van der Waals surface area contributed by atoms with Crippen LogP contribution in [0.25, 0.3) is 0 Å². The van der Waals surface area contributed by atoms with Gasteiger partial charge in [-0.1, -0.05) is 28.1 Å². The van der Waals surface area contributed by atoms with E-state index in [-0.39, 0.29) is 18.0 Å². The highest BCUT2D eigenvalue weighted by atomic mass is 79.9. The highest BCUT2D eigenvalue weighted by Crippen LogP contribution is 2.31. The summed E-state index contributed by atoms with van der Waals surface area (Å²) in [6.07, 6.45) is 0.555. The van der Waals surface area contributed by atoms with Crippen molar-refractivity contribution < 1.29 is 14.6 Å². The fourth-order valence-electron chi connectivity index (χ4n) is 2.73. The van der Waals surface area contributed by atoms with Crippen LogP contribution in [0, 0.1) is 5.92 Å². The van der Waals surface area contributed by atoms with E-state index >= 15 is 0 Å². The monoisotopic (exact) mass is 341 g/mol. The first-order valence-electron chi connectivity index (χ1n) is 6.78. The summed E-state index contributed by atoms with van der Waals surface area (Å²) < 4.78 is 5.90. The van der Waals surface area contributed by atoms with Gasteiger partial charge in [-0.2, -0.15) is 0 Å². The number of aliphatic hydroxyl groups is 1. The zero-order chi connectivity index (χ0) is 14.7. The summed E-state index contributed by atoms with van der Waals surface area (Å²) in [5.74, 6) is -0.0383. The van der Waals surface area contributed by atoms with E-state index < -0.39 is 6.04 Å². The van der Waals surface area contributed by atoms with Crippen molar-refractivity contribution >= 4 is 21.9 Å². The second-order valence-electron chi connectivity index (χ2n) is 5.26. The molecule has 1 N–H and O–H groups in total. The number of aliphatic hydroxyl groups excluding tert-OH is 1. The molecule has 0 spiro atoms. The number of ether oxygens (including phenoxy) is 1. The predicted molar refractivity (Wildman–Crippen MR) is 80.3 cm³/mol. The predicted octanol–water partition coefficient (Wildman–Crippen LogP) is 2.37. The second kappa shape index (κ2) is 6.70. The van der Waals surface area contributed by atoms with Crippen molar-refractivity contribution in [3.05, 3.63) is 34.3 Å². The average molecular weight is 342 g/mol. The molecule has 0 saturated carbocycles. The van der Waals surface area contributed by atoms with Gasteiger partial charge in [-0.25, -0.2) is 4.79 Å². The molecule has 5 heteroatoms. The Hall–Kier alpha value is -0.910. The van der Waals surface area contributed by atoms with Gasteiger partial charge < -0.3 is 9.84 Å². The molecule has 0 amide bonds. The normalized spacial score (nSPS) is 22.5. The van der Waals surface area contributed by atoms with E-state index in [1.165, 1.54) is 7.11 Å². The minimum atomic E-state index is -0.402. The molecule has 2 rings (SSSR count). The van der Waals surface area contributed by atoms with Gasteiger partial charge in [0, 0.05) is 11.0 Å². The molecule has 20 heavy (non-hydrogen) atoms. The molecule has 1 fully saturated rings. The molecular weight excluding hydrogens is 322 g/mol. The SMILES string of the molecule is COC(=O)C(c1cccc(Br)c1)N1CCC(C(C)O)C1. The summed E-state index contributed by atoms with van der Waals surface area (Å²) in [4.78, 5) is 14.2. The largest absolute Gasteiger partial charge is 0.468 e. The van der Waals surface area contributed by atoms with Crippen LogP contribution in [-0.2, 0) is 9.53 Å². The van der Waals surface area contributed by atoms with Crippen molar-refractivity contribution in [1.29, 1.82) is 0 Å². The summed E-state index contributed by atoms with van der Waals surface area (Å²) in [7, 11) is 1.41. The zero-order valence-electron chi connectivity index (χ0n) is 11.8. The van der Waals surface area contributed by atoms with Gasteiger partial charge >= 0.3 is 5.97 Å². The number of benzene rings is 1. The smallest absolute Gasteiger partial charge is 0.327 e. The number of esters is 1. The molecule has 1 aliphatic rings. The third-order valence-corrected chi connectivity index (χ3v) is 4.39. The molecule has 1 heterocycles. The van der Waals surface area contributed by atoms with Crippen molar-refractivity contribution in [1.82, 2.24) is 4.90 Å². The van der Waals surface area contributed by atoms with E-state index in [0.717, 1.165) is 23.0 Å². The Morgan fingerprint density at radius 3 is 2.85 bits per heavy atom. The van der Waals surface area contributed by atoms with Crippen LogP contribution in [0.3, 0.4) is 0 Å². The van der Waals surface area contributed by atoms with Crippen molar-refractivity contribution in [2.75, 3.05) is 20.2 Å². The highest BCUT2D eigenvalue weighted by Gasteiger charge is 2.35. The van der Waals surface area contributed by atoms with Gasteiger partial charge in [0.25, 0.3) is 0 Å². The van der Waals surface area contributed by atoms with Crippen LogP contribution >= 0.6 is 15.9 Å². The Bertz CT molecular complexity index is 478. The highest BCUT2D eigenvalue weighted by molar-refractivity contribution is 9.10. The lowest BCUT2D eigenvalue weighted by atomic mass is 10.0. The zero-order valence-corrected chi connectivity index (χ0v) is 13.3. The van der Waals surface area contributed by atoms with E-state index in [2.05, 4.69) is 20.8 Å². The molecule has 1 aromatic rings. The standard InChI is InChI=1S/C15H20BrNO3/c1-10(18)12-6-7-17(9-12)14(15(19)20-2)11-4-3-5-13(16)8-11/h3-5,8,10,12,14,18H,6-7,9H2,1-2H3. The van der Waals surface area contributed by atoms with Crippen molar-refractivity contribution in [2.45, 2.75) is 25.5 Å². The minimum absolute atomic E-state index is 0.217. The molecule has 0 aliphatic carbocycles. The fraction of sp³-hybridized carbons (Fsp3) is 0.533. The Morgan fingerprint density at radius 2 is 2.30 bits per heavy atom. The van der Waals surface area contributed by atoms with Crippen molar-refractivity contribution in [3.63, 3.8) is 0 Å². The molecular formula is C15H20BrNO3. The molecule has 0 aromatic heterocycles. The number of carbonyl (C=O) groups excluding carboxylic acids is 1. The maximum atomic E-state index is 12.1. The maximum Gasteiger partial charge on any atom is 0.327 e. The Labute approximate surface area is 127 Å². The Morgan fingerprint density at radius 1 is 1.55 bits per heavy atom. The van der Waals surface area contributed by atoms with Crippen LogP contribution in [-0.4, -0.2) is 42.3 Å². The molecule has 4 nitrogen and oxygen atoms in total. The minimum Gasteiger partial charge on any atom is -0.468 e. The van der Waals surface area contributed by atoms with Crippen LogP contribution in [0.5, 0.6) is 0 Å². The Balaban J connectivity index is 2.23. The number of nitrogens with zero attached hydrogens (tertiary/aromatic N) is 1. The van der Waals surface area contributed by atoms with Gasteiger partial charge in [0.05, 0.1) is 13.2 Å². The molecule has 110 valence electrons. The lowest BCUT2D eigenvalue weighted by Gasteiger charge is -2.26. The molecule has 1 aliphatic heterocycles. The summed E-state index contributed by atoms with van der Waals surface area (Å²) in [6, 6.07) is 7.32. The number of methoxy groups -OCH3 is 1. The quantitative estimate of drug-likeness (QED) is 0.854. The summed E-state index contributed by atoms with van der Waals surface area (Å²) >= 11 is 3.43. The molecule has 3 atom stereocenters. The first kappa shape index (κ1) is 15.5. The van der Waals surface area contributed by atoms with Gasteiger partial charge in [-0.3, -0.25) is 4.90 Å². The van der Waals surface area contributed by atoms with Gasteiger partial charge in [0.2, 0.25) is 0 Å². The number of rotatable bonds is 4. The number of likely N-dealkylation sites (tertiary alicyclic amines) is 1. The lowest BCUT2D eigenvalue weighted by Crippen LogP contribution is -2.34. The van der Waals surface area contributed by atoms with Gasteiger partial charge in [-0.15, -0.1) is 0 Å². The van der Waals surface area contributed by atoms with Gasteiger partial charge in [0.15, 0.2) is 0 Å². The van der Waals surface area contributed by atoms with Crippen LogP contribution in [0.4, 0.5) is 0 Å². The van der Waals surface area contributed by atoms with Gasteiger partial charge in [0.1, 0.15) is 6.04 Å². The topological polar surface area (TPSA) is 49.8 Å². The van der Waals surface area contributed by atoms with E-state index in [4.69, 9.17) is 4.74 Å². The number of hydrogen-bond donors (Lipinski definition) is 1. The van der Waals surface area contributed by atoms with Crippen LogP contribution in [0.15, 0.2) is 28.7 Å². The molecule has 1 saturated heterocycles. The average Bonchev–Trinajstić information content (AvgIpc) is 2.88. The Kier molecular flexibility index (Phi) is 5.18. The second-order valence-corrected chi connectivity index (χ2v) is 6.18. The summed E-state index contributed by atoms with van der Waals surface area (Å²) in [6.45, 7) is 3.31. The van der Waals surface area contributed by atoms with Crippen LogP contribution < -0.4 is 0 Å². The maximum absolute atomic E-state index is 12.1. The number of hydrogen-bond acceptors (Lipinski definition) is 4. The van der Waals surface area contributed by atoms with Crippen molar-refractivity contribution in [2.24, 2.45) is 5.92 Å². The first-order chi connectivity index (χ1) is 9.52.